The summed E-state index contributed by atoms with van der Waals surface area (Å²) >= 11 is 2.43. The molecule has 0 bridgehead atoms. The number of rotatable bonds is 5. The fraction of sp³-hybridized carbons (Fsp3) is 0.0870. The number of aliphatic hydroxyl groups excluding tert-OH is 1. The number of hydrogen-bond donors (Lipinski definition) is 1. The molecule has 4 aromatic rings. The van der Waals surface area contributed by atoms with Crippen molar-refractivity contribution in [2.45, 2.75) is 13.0 Å². The molecule has 0 spiro atoms. The summed E-state index contributed by atoms with van der Waals surface area (Å²) in [6, 6.07) is 13.6. The lowest BCUT2D eigenvalue weighted by Crippen LogP contribution is -2.31. The number of amides is 1. The number of nitrogens with zero attached hydrogens (tertiary/aromatic N) is 3. The Balaban J connectivity index is 1.70. The summed E-state index contributed by atoms with van der Waals surface area (Å²) in [5.74, 6) is -1.96. The van der Waals surface area contributed by atoms with Gasteiger partial charge < -0.3 is 5.11 Å². The molecule has 2 aromatic carbocycles. The summed E-state index contributed by atoms with van der Waals surface area (Å²) in [7, 11) is 0. The van der Waals surface area contributed by atoms with Crippen LogP contribution in [0.3, 0.4) is 0 Å². The number of benzene rings is 2. The maximum atomic E-state index is 13.3. The molecule has 0 saturated heterocycles. The lowest BCUT2D eigenvalue weighted by Gasteiger charge is -2.24. The molecule has 3 heterocycles. The van der Waals surface area contributed by atoms with E-state index in [2.05, 4.69) is 4.98 Å². The van der Waals surface area contributed by atoms with E-state index in [0.717, 1.165) is 10.3 Å². The molecule has 1 aliphatic heterocycles. The molecular formula is C23H15N3O5S2. The largest absolute Gasteiger partial charge is 0.503 e. The van der Waals surface area contributed by atoms with Gasteiger partial charge in [0, 0.05) is 12.1 Å². The fourth-order valence-electron chi connectivity index (χ4n) is 3.82. The van der Waals surface area contributed by atoms with Crippen LogP contribution in [0, 0.1) is 17.0 Å². The fourth-order valence-corrected chi connectivity index (χ4v) is 5.59. The molecule has 33 heavy (non-hydrogen) atoms. The summed E-state index contributed by atoms with van der Waals surface area (Å²) in [6.07, 6.45) is 0. The highest BCUT2D eigenvalue weighted by Gasteiger charge is 2.46. The number of aromatic nitrogens is 1. The first-order valence-corrected chi connectivity index (χ1v) is 11.5. The van der Waals surface area contributed by atoms with Crippen molar-refractivity contribution >= 4 is 55.4 Å². The molecule has 8 nitrogen and oxygen atoms in total. The van der Waals surface area contributed by atoms with Crippen LogP contribution in [0.15, 0.2) is 71.3 Å². The van der Waals surface area contributed by atoms with E-state index >= 15 is 0 Å². The topological polar surface area (TPSA) is 114 Å². The van der Waals surface area contributed by atoms with Crippen LogP contribution < -0.4 is 4.90 Å². The van der Waals surface area contributed by atoms with Crippen molar-refractivity contribution in [2.75, 3.05) is 4.90 Å². The molecule has 1 aliphatic rings. The average Bonchev–Trinajstić information content (AvgIpc) is 3.52. The van der Waals surface area contributed by atoms with Crippen LogP contribution in [-0.4, -0.2) is 26.7 Å². The van der Waals surface area contributed by atoms with Crippen molar-refractivity contribution in [3.8, 4) is 0 Å². The first-order chi connectivity index (χ1) is 15.8. The summed E-state index contributed by atoms with van der Waals surface area (Å²) in [5.41, 5.74) is 1.71. The number of non-ortho nitro benzene ring substituents is 1. The van der Waals surface area contributed by atoms with Crippen molar-refractivity contribution in [3.05, 3.63) is 97.4 Å². The summed E-state index contributed by atoms with van der Waals surface area (Å²) in [6.45, 7) is 1.94. The highest BCUT2D eigenvalue weighted by molar-refractivity contribution is 7.22. The SMILES string of the molecule is Cc1ccc2nc(N3C(=O)C(O)=C(C(=O)c4cccs4)C3c3cccc([N+](=O)[O-])c3)sc2c1. The quantitative estimate of drug-likeness (QED) is 0.235. The Morgan fingerprint density at radius 3 is 2.73 bits per heavy atom. The molecular weight excluding hydrogens is 462 g/mol. The average molecular weight is 478 g/mol. The van der Waals surface area contributed by atoms with Gasteiger partial charge >= 0.3 is 0 Å². The number of ketones is 1. The van der Waals surface area contributed by atoms with Gasteiger partial charge in [0.25, 0.3) is 11.6 Å². The molecule has 1 amide bonds. The van der Waals surface area contributed by atoms with E-state index in [1.165, 1.54) is 45.8 Å². The molecule has 2 aromatic heterocycles. The lowest BCUT2D eigenvalue weighted by atomic mass is 9.95. The van der Waals surface area contributed by atoms with Gasteiger partial charge in [-0.2, -0.15) is 0 Å². The third-order valence-electron chi connectivity index (χ3n) is 5.33. The van der Waals surface area contributed by atoms with Crippen LogP contribution >= 0.6 is 22.7 Å². The summed E-state index contributed by atoms with van der Waals surface area (Å²) < 4.78 is 0.841. The number of aliphatic hydroxyl groups is 1. The molecule has 0 fully saturated rings. The number of fused-ring (bicyclic) bond motifs is 1. The Bertz CT molecular complexity index is 1470. The van der Waals surface area contributed by atoms with Gasteiger partial charge in [-0.25, -0.2) is 4.98 Å². The first kappa shape index (κ1) is 21.0. The zero-order valence-corrected chi connectivity index (χ0v) is 18.7. The number of nitro benzene ring substituents is 1. The van der Waals surface area contributed by atoms with Gasteiger partial charge in [0.15, 0.2) is 10.9 Å². The Labute approximate surface area is 195 Å². The summed E-state index contributed by atoms with van der Waals surface area (Å²) in [5, 5.41) is 24.2. The second-order valence-electron chi connectivity index (χ2n) is 7.47. The van der Waals surface area contributed by atoms with Gasteiger partial charge in [-0.3, -0.25) is 24.6 Å². The van der Waals surface area contributed by atoms with Gasteiger partial charge in [-0.05, 0) is 41.6 Å². The number of nitro groups is 1. The molecule has 1 atom stereocenters. The van der Waals surface area contributed by atoms with Crippen LogP contribution in [0.5, 0.6) is 0 Å². The normalized spacial score (nSPS) is 16.1. The smallest absolute Gasteiger partial charge is 0.296 e. The number of carbonyl (C=O) groups excluding carboxylic acids is 2. The van der Waals surface area contributed by atoms with Crippen LogP contribution in [0.25, 0.3) is 10.2 Å². The Morgan fingerprint density at radius 1 is 1.18 bits per heavy atom. The van der Waals surface area contributed by atoms with Gasteiger partial charge in [0.2, 0.25) is 5.78 Å². The minimum atomic E-state index is -1.06. The number of hydrogen-bond acceptors (Lipinski definition) is 8. The van der Waals surface area contributed by atoms with Gasteiger partial charge in [0.1, 0.15) is 0 Å². The van der Waals surface area contributed by atoms with Crippen molar-refractivity contribution in [1.29, 1.82) is 0 Å². The predicted molar refractivity (Wildman–Crippen MR) is 126 cm³/mol. The first-order valence-electron chi connectivity index (χ1n) is 9.81. The highest BCUT2D eigenvalue weighted by Crippen LogP contribution is 2.45. The standard InChI is InChI=1S/C23H15N3O5S2/c1-12-7-8-15-17(10-12)33-23(24-15)25-19(13-4-2-5-14(11-13)26(30)31)18(21(28)22(25)29)20(27)16-6-3-9-32-16/h2-11,19,28H,1H3. The number of aryl methyl sites for hydroxylation is 1. The molecule has 5 rings (SSSR count). The van der Waals surface area contributed by atoms with E-state index in [-0.39, 0.29) is 16.4 Å². The van der Waals surface area contributed by atoms with Crippen LogP contribution in [0.4, 0.5) is 10.8 Å². The van der Waals surface area contributed by atoms with Crippen LogP contribution in [-0.2, 0) is 4.79 Å². The summed E-state index contributed by atoms with van der Waals surface area (Å²) in [4.78, 5) is 43.6. The predicted octanol–water partition coefficient (Wildman–Crippen LogP) is 5.36. The minimum Gasteiger partial charge on any atom is -0.503 e. The zero-order valence-electron chi connectivity index (χ0n) is 17.1. The second kappa shape index (κ2) is 7.91. The number of Topliss-reactive ketones (excluding diaryl/α,β-unsaturated/α-hetero) is 1. The van der Waals surface area contributed by atoms with E-state index in [1.54, 1.807) is 23.6 Å². The van der Waals surface area contributed by atoms with E-state index in [1.807, 2.05) is 25.1 Å². The molecule has 0 aliphatic carbocycles. The Kier molecular flexibility index (Phi) is 5.03. The molecule has 1 unspecified atom stereocenters. The number of carbonyl (C=O) groups is 2. The Morgan fingerprint density at radius 2 is 2.00 bits per heavy atom. The van der Waals surface area contributed by atoms with Crippen LogP contribution in [0.2, 0.25) is 0 Å². The van der Waals surface area contributed by atoms with Crippen molar-refractivity contribution < 1.29 is 19.6 Å². The molecule has 1 N–H and O–H groups in total. The lowest BCUT2D eigenvalue weighted by molar-refractivity contribution is -0.384. The van der Waals surface area contributed by atoms with Crippen molar-refractivity contribution in [1.82, 2.24) is 4.98 Å². The zero-order chi connectivity index (χ0) is 23.3. The van der Waals surface area contributed by atoms with Gasteiger partial charge in [0.05, 0.1) is 31.6 Å². The van der Waals surface area contributed by atoms with Gasteiger partial charge in [-0.1, -0.05) is 35.6 Å². The number of thiazole rings is 1. The van der Waals surface area contributed by atoms with Crippen molar-refractivity contribution in [2.24, 2.45) is 0 Å². The molecule has 10 heteroatoms. The maximum absolute atomic E-state index is 13.3. The van der Waals surface area contributed by atoms with E-state index in [9.17, 15) is 24.8 Å². The minimum absolute atomic E-state index is 0.126. The van der Waals surface area contributed by atoms with E-state index in [0.29, 0.717) is 16.0 Å². The monoisotopic (exact) mass is 477 g/mol. The third kappa shape index (κ3) is 3.49. The number of anilines is 1. The van der Waals surface area contributed by atoms with Crippen LogP contribution in [0.1, 0.15) is 26.8 Å². The highest BCUT2D eigenvalue weighted by atomic mass is 32.1. The third-order valence-corrected chi connectivity index (χ3v) is 7.22. The van der Waals surface area contributed by atoms with E-state index in [4.69, 9.17) is 0 Å². The van der Waals surface area contributed by atoms with Crippen molar-refractivity contribution in [3.63, 3.8) is 0 Å². The molecule has 0 saturated carbocycles. The second-order valence-corrected chi connectivity index (χ2v) is 9.42. The maximum Gasteiger partial charge on any atom is 0.296 e. The van der Waals surface area contributed by atoms with E-state index < -0.39 is 28.4 Å². The van der Waals surface area contributed by atoms with Gasteiger partial charge in [-0.15, -0.1) is 11.3 Å². The molecule has 0 radical (unpaired) electrons. The number of thiophene rings is 1. The molecule has 164 valence electrons. The Hall–Kier alpha value is -3.89.